The molecule has 1 amide bonds. The van der Waals surface area contributed by atoms with Crippen LogP contribution in [0, 0.1) is 6.92 Å². The van der Waals surface area contributed by atoms with E-state index in [9.17, 15) is 9.59 Å². The molecule has 1 aromatic heterocycles. The maximum atomic E-state index is 12.9. The molecule has 0 fully saturated rings. The van der Waals surface area contributed by atoms with Gasteiger partial charge in [0.15, 0.2) is 0 Å². The van der Waals surface area contributed by atoms with Crippen molar-refractivity contribution in [1.82, 2.24) is 9.88 Å². The summed E-state index contributed by atoms with van der Waals surface area (Å²) < 4.78 is 0. The van der Waals surface area contributed by atoms with Crippen LogP contribution in [0.5, 0.6) is 0 Å². The lowest BCUT2D eigenvalue weighted by Gasteiger charge is -2.20. The lowest BCUT2D eigenvalue weighted by Crippen LogP contribution is -2.32. The summed E-state index contributed by atoms with van der Waals surface area (Å²) in [5.74, 6) is -0.261. The minimum atomic E-state index is -0.389. The summed E-state index contributed by atoms with van der Waals surface area (Å²) in [5.41, 5.74) is 6.34. The SMILES string of the molecule is Cc1cc(-c2ccc(CC(=O)C[C@@H]3C(=O)N(C)CCc4ccccc43)cc2)ccn1. The Kier molecular flexibility index (Phi) is 5.75. The zero-order chi connectivity index (χ0) is 21.1. The first kappa shape index (κ1) is 20.0. The topological polar surface area (TPSA) is 50.3 Å². The van der Waals surface area contributed by atoms with Gasteiger partial charge >= 0.3 is 0 Å². The van der Waals surface area contributed by atoms with Crippen LogP contribution in [-0.2, 0) is 22.4 Å². The quantitative estimate of drug-likeness (QED) is 0.642. The highest BCUT2D eigenvalue weighted by Crippen LogP contribution is 2.29. The number of hydrogen-bond donors (Lipinski definition) is 0. The van der Waals surface area contributed by atoms with E-state index in [4.69, 9.17) is 0 Å². The Morgan fingerprint density at radius 3 is 2.60 bits per heavy atom. The standard InChI is InChI=1S/C26H26N2O2/c1-18-15-22(11-13-27-18)20-9-7-19(8-10-20)16-23(29)17-25-24-6-4-3-5-21(24)12-14-28(2)26(25)30/h3-11,13,15,25H,12,14,16-17H2,1-2H3/t25-/m0/s1. The molecule has 0 radical (unpaired) electrons. The lowest BCUT2D eigenvalue weighted by molar-refractivity contribution is -0.133. The summed E-state index contributed by atoms with van der Waals surface area (Å²) in [7, 11) is 1.82. The van der Waals surface area contributed by atoms with Crippen molar-refractivity contribution < 1.29 is 9.59 Å². The molecule has 2 aromatic carbocycles. The molecule has 4 rings (SSSR count). The van der Waals surface area contributed by atoms with Gasteiger partial charge < -0.3 is 4.90 Å². The fourth-order valence-electron chi connectivity index (χ4n) is 4.16. The van der Waals surface area contributed by atoms with Gasteiger partial charge in [-0.25, -0.2) is 0 Å². The fourth-order valence-corrected chi connectivity index (χ4v) is 4.16. The average molecular weight is 399 g/mol. The predicted molar refractivity (Wildman–Crippen MR) is 118 cm³/mol. The zero-order valence-corrected chi connectivity index (χ0v) is 17.5. The highest BCUT2D eigenvalue weighted by molar-refractivity contribution is 5.92. The average Bonchev–Trinajstić information content (AvgIpc) is 2.86. The van der Waals surface area contributed by atoms with Gasteiger partial charge in [0.1, 0.15) is 5.78 Å². The summed E-state index contributed by atoms with van der Waals surface area (Å²) in [6.45, 7) is 2.66. The Morgan fingerprint density at radius 2 is 1.83 bits per heavy atom. The number of pyridine rings is 1. The number of carbonyl (C=O) groups is 2. The third kappa shape index (κ3) is 4.33. The Balaban J connectivity index is 1.48. The van der Waals surface area contributed by atoms with Crippen molar-refractivity contribution in [1.29, 1.82) is 0 Å². The van der Waals surface area contributed by atoms with Gasteiger partial charge in [-0.15, -0.1) is 0 Å². The maximum Gasteiger partial charge on any atom is 0.230 e. The van der Waals surface area contributed by atoms with Crippen molar-refractivity contribution >= 4 is 11.7 Å². The van der Waals surface area contributed by atoms with E-state index < -0.39 is 0 Å². The Bertz CT molecular complexity index is 1070. The predicted octanol–water partition coefficient (Wildman–Crippen LogP) is 4.36. The third-order valence-corrected chi connectivity index (χ3v) is 5.84. The van der Waals surface area contributed by atoms with E-state index in [1.54, 1.807) is 11.1 Å². The van der Waals surface area contributed by atoms with Crippen LogP contribution >= 0.6 is 0 Å². The fraction of sp³-hybridized carbons (Fsp3) is 0.269. The Labute approximate surface area is 177 Å². The summed E-state index contributed by atoms with van der Waals surface area (Å²) in [4.78, 5) is 31.8. The second-order valence-electron chi connectivity index (χ2n) is 8.06. The van der Waals surface area contributed by atoms with Gasteiger partial charge in [0.25, 0.3) is 0 Å². The van der Waals surface area contributed by atoms with Crippen LogP contribution < -0.4 is 0 Å². The van der Waals surface area contributed by atoms with Gasteiger partial charge in [-0.1, -0.05) is 48.5 Å². The minimum Gasteiger partial charge on any atom is -0.345 e. The number of amides is 1. The number of fused-ring (bicyclic) bond motifs is 1. The molecule has 2 heterocycles. The number of nitrogens with zero attached hydrogens (tertiary/aromatic N) is 2. The number of Topliss-reactive ketones (excluding diaryl/α,β-unsaturated/α-hetero) is 1. The molecule has 1 atom stereocenters. The molecule has 1 aliphatic rings. The first-order valence-corrected chi connectivity index (χ1v) is 10.4. The van der Waals surface area contributed by atoms with Gasteiger partial charge in [0.2, 0.25) is 5.91 Å². The molecular formula is C26H26N2O2. The molecule has 0 bridgehead atoms. The van der Waals surface area contributed by atoms with E-state index in [1.807, 2.05) is 68.6 Å². The van der Waals surface area contributed by atoms with Crippen LogP contribution in [0.15, 0.2) is 66.9 Å². The summed E-state index contributed by atoms with van der Waals surface area (Å²) in [6, 6.07) is 20.1. The minimum absolute atomic E-state index is 0.0386. The van der Waals surface area contributed by atoms with Crippen molar-refractivity contribution in [3.05, 3.63) is 89.2 Å². The van der Waals surface area contributed by atoms with Crippen LogP contribution in [0.25, 0.3) is 11.1 Å². The molecular weight excluding hydrogens is 372 g/mol. The number of carbonyl (C=O) groups excluding carboxylic acids is 2. The molecule has 3 aromatic rings. The van der Waals surface area contributed by atoms with Crippen molar-refractivity contribution in [2.45, 2.75) is 32.1 Å². The van der Waals surface area contributed by atoms with Gasteiger partial charge in [-0.3, -0.25) is 14.6 Å². The van der Waals surface area contributed by atoms with Crippen molar-refractivity contribution in [3.8, 4) is 11.1 Å². The number of hydrogen-bond acceptors (Lipinski definition) is 3. The normalized spacial score (nSPS) is 16.1. The molecule has 1 aliphatic heterocycles. The van der Waals surface area contributed by atoms with Gasteiger partial charge in [0.05, 0.1) is 5.92 Å². The molecule has 0 saturated heterocycles. The van der Waals surface area contributed by atoms with Crippen LogP contribution in [-0.4, -0.2) is 35.2 Å². The Morgan fingerprint density at radius 1 is 1.07 bits per heavy atom. The van der Waals surface area contributed by atoms with Gasteiger partial charge in [0, 0.05) is 38.3 Å². The van der Waals surface area contributed by atoms with Crippen molar-refractivity contribution in [2.24, 2.45) is 0 Å². The van der Waals surface area contributed by atoms with E-state index in [2.05, 4.69) is 11.1 Å². The highest BCUT2D eigenvalue weighted by atomic mass is 16.2. The molecule has 4 nitrogen and oxygen atoms in total. The zero-order valence-electron chi connectivity index (χ0n) is 17.5. The van der Waals surface area contributed by atoms with E-state index in [0.717, 1.165) is 34.4 Å². The number of aromatic nitrogens is 1. The monoisotopic (exact) mass is 398 g/mol. The van der Waals surface area contributed by atoms with E-state index in [0.29, 0.717) is 13.0 Å². The molecule has 152 valence electrons. The summed E-state index contributed by atoms with van der Waals surface area (Å²) in [5, 5.41) is 0. The molecule has 4 heteroatoms. The number of aryl methyl sites for hydroxylation is 1. The molecule has 0 unspecified atom stereocenters. The van der Waals surface area contributed by atoms with Crippen molar-refractivity contribution in [2.75, 3.05) is 13.6 Å². The molecule has 0 N–H and O–H groups in total. The van der Waals surface area contributed by atoms with Crippen LogP contribution in [0.2, 0.25) is 0 Å². The first-order valence-electron chi connectivity index (χ1n) is 10.4. The Hall–Kier alpha value is -3.27. The van der Waals surface area contributed by atoms with Gasteiger partial charge in [-0.2, -0.15) is 0 Å². The largest absolute Gasteiger partial charge is 0.345 e. The van der Waals surface area contributed by atoms with E-state index >= 15 is 0 Å². The molecule has 0 spiro atoms. The molecule has 30 heavy (non-hydrogen) atoms. The van der Waals surface area contributed by atoms with Gasteiger partial charge in [-0.05, 0) is 53.3 Å². The molecule has 0 aliphatic carbocycles. The highest BCUT2D eigenvalue weighted by Gasteiger charge is 2.30. The first-order chi connectivity index (χ1) is 14.5. The number of ketones is 1. The summed E-state index contributed by atoms with van der Waals surface area (Å²) in [6.07, 6.45) is 3.22. The van der Waals surface area contributed by atoms with Crippen LogP contribution in [0.1, 0.15) is 34.7 Å². The number of benzene rings is 2. The maximum absolute atomic E-state index is 12.9. The van der Waals surface area contributed by atoms with E-state index in [-0.39, 0.29) is 24.0 Å². The second kappa shape index (κ2) is 8.62. The lowest BCUT2D eigenvalue weighted by atomic mass is 9.88. The van der Waals surface area contributed by atoms with Crippen LogP contribution in [0.4, 0.5) is 0 Å². The smallest absolute Gasteiger partial charge is 0.230 e. The molecule has 0 saturated carbocycles. The number of likely N-dealkylation sites (N-methyl/N-ethyl adjacent to an activating group) is 1. The van der Waals surface area contributed by atoms with E-state index in [1.165, 1.54) is 5.56 Å². The second-order valence-corrected chi connectivity index (χ2v) is 8.06. The number of rotatable bonds is 5. The summed E-state index contributed by atoms with van der Waals surface area (Å²) >= 11 is 0. The van der Waals surface area contributed by atoms with Crippen molar-refractivity contribution in [3.63, 3.8) is 0 Å². The van der Waals surface area contributed by atoms with Crippen LogP contribution in [0.3, 0.4) is 0 Å². The third-order valence-electron chi connectivity index (χ3n) is 5.84.